The molecule has 0 bridgehead atoms. The molecule has 2 unspecified atom stereocenters. The Morgan fingerprint density at radius 1 is 1.04 bits per heavy atom. The van der Waals surface area contributed by atoms with Gasteiger partial charge in [0, 0.05) is 11.5 Å². The van der Waals surface area contributed by atoms with E-state index in [0.29, 0.717) is 11.1 Å². The van der Waals surface area contributed by atoms with Gasteiger partial charge in [-0.15, -0.1) is 0 Å². The van der Waals surface area contributed by atoms with Crippen LogP contribution >= 0.6 is 0 Å². The van der Waals surface area contributed by atoms with Gasteiger partial charge in [-0.05, 0) is 42.2 Å². The fourth-order valence-corrected chi connectivity index (χ4v) is 2.97. The largest absolute Gasteiger partial charge is 0.416 e. The molecule has 1 aliphatic carbocycles. The van der Waals surface area contributed by atoms with Gasteiger partial charge < -0.3 is 5.11 Å². The molecule has 2 aromatic rings. The number of hydrogen-bond acceptors (Lipinski definition) is 1. The Kier molecular flexibility index (Phi) is 3.67. The first-order valence-electron chi connectivity index (χ1n) is 7.01. The van der Waals surface area contributed by atoms with Crippen LogP contribution in [-0.4, -0.2) is 11.2 Å². The van der Waals surface area contributed by atoms with Crippen molar-refractivity contribution in [3.8, 4) is 0 Å². The lowest BCUT2D eigenvalue weighted by atomic mass is 9.87. The minimum Gasteiger partial charge on any atom is -0.392 e. The first kappa shape index (κ1) is 15.9. The van der Waals surface area contributed by atoms with Crippen LogP contribution in [0.3, 0.4) is 0 Å². The predicted octanol–water partition coefficient (Wildman–Crippen LogP) is 4.23. The second-order valence-electron chi connectivity index (χ2n) is 5.91. The molecule has 122 valence electrons. The van der Waals surface area contributed by atoms with E-state index in [1.54, 1.807) is 0 Å². The van der Waals surface area contributed by atoms with Crippen LogP contribution in [-0.2, 0) is 18.0 Å². The summed E-state index contributed by atoms with van der Waals surface area (Å²) in [6, 6.07) is 7.70. The number of rotatable bonds is 3. The van der Waals surface area contributed by atoms with E-state index in [-0.39, 0.29) is 12.8 Å². The third kappa shape index (κ3) is 3.08. The van der Waals surface area contributed by atoms with Crippen LogP contribution in [0.2, 0.25) is 0 Å². The van der Waals surface area contributed by atoms with E-state index in [1.165, 1.54) is 12.1 Å². The molecule has 0 spiro atoms. The first-order chi connectivity index (χ1) is 10.7. The molecular formula is C17H13F5O. The van der Waals surface area contributed by atoms with Crippen molar-refractivity contribution in [1.29, 1.82) is 0 Å². The standard InChI is InChI=1S/C17H13F5O/c18-13-4-10(5-14(19)7-13)8-16(9-15(16)23)11-2-1-3-12(6-11)17(20,21)22/h1-7,15,23H,8-9H2. The molecule has 0 saturated heterocycles. The molecule has 1 saturated carbocycles. The quantitative estimate of drug-likeness (QED) is 0.836. The highest BCUT2D eigenvalue weighted by Gasteiger charge is 2.54. The van der Waals surface area contributed by atoms with Crippen LogP contribution in [0, 0.1) is 11.6 Å². The molecule has 0 aromatic heterocycles. The van der Waals surface area contributed by atoms with Gasteiger partial charge in [-0.25, -0.2) is 8.78 Å². The zero-order valence-corrected chi connectivity index (χ0v) is 11.9. The molecular weight excluding hydrogens is 315 g/mol. The van der Waals surface area contributed by atoms with Crippen LogP contribution in [0.1, 0.15) is 23.1 Å². The fraction of sp³-hybridized carbons (Fsp3) is 0.294. The van der Waals surface area contributed by atoms with Crippen LogP contribution in [0.25, 0.3) is 0 Å². The highest BCUT2D eigenvalue weighted by molar-refractivity contribution is 5.41. The maximum absolute atomic E-state index is 13.3. The number of halogens is 5. The zero-order valence-electron chi connectivity index (χ0n) is 11.9. The van der Waals surface area contributed by atoms with E-state index in [4.69, 9.17) is 0 Å². The number of hydrogen-bond donors (Lipinski definition) is 1. The lowest BCUT2D eigenvalue weighted by Gasteiger charge is -2.18. The normalized spacial score (nSPS) is 23.8. The van der Waals surface area contributed by atoms with Gasteiger partial charge in [-0.3, -0.25) is 0 Å². The lowest BCUT2D eigenvalue weighted by Crippen LogP contribution is -2.18. The van der Waals surface area contributed by atoms with Gasteiger partial charge in [0.1, 0.15) is 11.6 Å². The van der Waals surface area contributed by atoms with Crippen LogP contribution in [0.5, 0.6) is 0 Å². The summed E-state index contributed by atoms with van der Waals surface area (Å²) in [5, 5.41) is 9.96. The van der Waals surface area contributed by atoms with Crippen molar-refractivity contribution in [1.82, 2.24) is 0 Å². The summed E-state index contributed by atoms with van der Waals surface area (Å²) in [6.07, 6.45) is -4.99. The minimum absolute atomic E-state index is 0.0736. The van der Waals surface area contributed by atoms with E-state index in [1.807, 2.05) is 0 Å². The Hall–Kier alpha value is -1.95. The Labute approximate surface area is 129 Å². The average molecular weight is 328 g/mol. The predicted molar refractivity (Wildman–Crippen MR) is 73.8 cm³/mol. The maximum Gasteiger partial charge on any atom is 0.416 e. The topological polar surface area (TPSA) is 20.2 Å². The highest BCUT2D eigenvalue weighted by atomic mass is 19.4. The highest BCUT2D eigenvalue weighted by Crippen LogP contribution is 2.51. The van der Waals surface area contributed by atoms with Crippen LogP contribution in [0.4, 0.5) is 22.0 Å². The van der Waals surface area contributed by atoms with Crippen LogP contribution in [0.15, 0.2) is 42.5 Å². The van der Waals surface area contributed by atoms with Crippen LogP contribution < -0.4 is 0 Å². The number of aliphatic hydroxyl groups excluding tert-OH is 1. The van der Waals surface area contributed by atoms with Gasteiger partial charge >= 0.3 is 6.18 Å². The summed E-state index contributed by atoms with van der Waals surface area (Å²) in [7, 11) is 0. The smallest absolute Gasteiger partial charge is 0.392 e. The maximum atomic E-state index is 13.3. The Morgan fingerprint density at radius 2 is 1.65 bits per heavy atom. The Morgan fingerprint density at radius 3 is 2.17 bits per heavy atom. The van der Waals surface area contributed by atoms with E-state index in [0.717, 1.165) is 30.3 Å². The lowest BCUT2D eigenvalue weighted by molar-refractivity contribution is -0.137. The SMILES string of the molecule is OC1CC1(Cc1cc(F)cc(F)c1)c1cccc(C(F)(F)F)c1. The van der Waals surface area contributed by atoms with Gasteiger partial charge in [-0.2, -0.15) is 13.2 Å². The van der Waals surface area contributed by atoms with Gasteiger partial charge in [0.25, 0.3) is 0 Å². The summed E-state index contributed by atoms with van der Waals surface area (Å²) in [4.78, 5) is 0. The van der Waals surface area contributed by atoms with Crippen molar-refractivity contribution in [2.24, 2.45) is 0 Å². The van der Waals surface area contributed by atoms with Crippen molar-refractivity contribution in [3.05, 3.63) is 70.8 Å². The second-order valence-corrected chi connectivity index (χ2v) is 5.91. The van der Waals surface area contributed by atoms with Gasteiger partial charge in [0.15, 0.2) is 0 Å². The molecule has 0 heterocycles. The van der Waals surface area contributed by atoms with E-state index < -0.39 is 34.9 Å². The number of alkyl halides is 3. The summed E-state index contributed by atoms with van der Waals surface area (Å²) in [5.74, 6) is -1.51. The average Bonchev–Trinajstić information content (AvgIpc) is 3.08. The van der Waals surface area contributed by atoms with E-state index in [2.05, 4.69) is 0 Å². The third-order valence-corrected chi connectivity index (χ3v) is 4.24. The molecule has 23 heavy (non-hydrogen) atoms. The summed E-state index contributed by atoms with van der Waals surface area (Å²) < 4.78 is 65.1. The number of aliphatic hydroxyl groups is 1. The van der Waals surface area contributed by atoms with Crippen molar-refractivity contribution in [3.63, 3.8) is 0 Å². The fourth-order valence-electron chi connectivity index (χ4n) is 2.97. The molecule has 0 amide bonds. The summed E-state index contributed by atoms with van der Waals surface area (Å²) in [5.41, 5.74) is -1.11. The molecule has 1 aliphatic rings. The van der Waals surface area contributed by atoms with Crippen molar-refractivity contribution in [2.45, 2.75) is 30.5 Å². The zero-order chi connectivity index (χ0) is 16.8. The third-order valence-electron chi connectivity index (χ3n) is 4.24. The van der Waals surface area contributed by atoms with Gasteiger partial charge in [-0.1, -0.05) is 18.2 Å². The van der Waals surface area contributed by atoms with Crippen molar-refractivity contribution < 1.29 is 27.1 Å². The first-order valence-corrected chi connectivity index (χ1v) is 7.01. The Bertz CT molecular complexity index is 720. The molecule has 2 aromatic carbocycles. The minimum atomic E-state index is -4.48. The second kappa shape index (κ2) is 5.30. The molecule has 1 nitrogen and oxygen atoms in total. The Balaban J connectivity index is 1.96. The molecule has 1 fully saturated rings. The van der Waals surface area contributed by atoms with Gasteiger partial charge in [0.05, 0.1) is 11.7 Å². The molecule has 0 aliphatic heterocycles. The van der Waals surface area contributed by atoms with Crippen molar-refractivity contribution in [2.75, 3.05) is 0 Å². The molecule has 2 atom stereocenters. The molecule has 6 heteroatoms. The number of benzene rings is 2. The van der Waals surface area contributed by atoms with E-state index >= 15 is 0 Å². The van der Waals surface area contributed by atoms with E-state index in [9.17, 15) is 27.1 Å². The van der Waals surface area contributed by atoms with Gasteiger partial charge in [0.2, 0.25) is 0 Å². The summed E-state index contributed by atoms with van der Waals surface area (Å²) in [6.45, 7) is 0. The van der Waals surface area contributed by atoms with Crippen molar-refractivity contribution >= 4 is 0 Å². The molecule has 0 radical (unpaired) electrons. The molecule has 1 N–H and O–H groups in total. The summed E-state index contributed by atoms with van der Waals surface area (Å²) >= 11 is 0. The monoisotopic (exact) mass is 328 g/mol. The molecule has 3 rings (SSSR count).